The SMILES string of the molecule is CCOC(=O)C(C)CNC(=O)NCCCCc1ccc(C(=N)N)cc1. The fourth-order valence-electron chi connectivity index (χ4n) is 2.18. The number of nitrogen functional groups attached to an aromatic ring is 1. The molecule has 0 saturated heterocycles. The summed E-state index contributed by atoms with van der Waals surface area (Å²) in [6, 6.07) is 7.34. The molecule has 2 amide bonds. The molecular weight excluding hydrogens is 320 g/mol. The van der Waals surface area contributed by atoms with Crippen molar-refractivity contribution in [1.29, 1.82) is 5.41 Å². The molecule has 0 heterocycles. The van der Waals surface area contributed by atoms with Gasteiger partial charge in [-0.1, -0.05) is 31.2 Å². The minimum atomic E-state index is -0.358. The van der Waals surface area contributed by atoms with Gasteiger partial charge in [-0.2, -0.15) is 0 Å². The molecule has 0 radical (unpaired) electrons. The summed E-state index contributed by atoms with van der Waals surface area (Å²) in [7, 11) is 0. The summed E-state index contributed by atoms with van der Waals surface area (Å²) in [6.07, 6.45) is 2.70. The van der Waals surface area contributed by atoms with Gasteiger partial charge in [-0.15, -0.1) is 0 Å². The van der Waals surface area contributed by atoms with E-state index >= 15 is 0 Å². The molecule has 1 aromatic rings. The highest BCUT2D eigenvalue weighted by Gasteiger charge is 2.14. The van der Waals surface area contributed by atoms with Crippen LogP contribution in [0.3, 0.4) is 0 Å². The van der Waals surface area contributed by atoms with Crippen LogP contribution in [-0.4, -0.2) is 37.5 Å². The number of carbonyl (C=O) groups excluding carboxylic acids is 2. The minimum absolute atomic E-state index is 0.0686. The summed E-state index contributed by atoms with van der Waals surface area (Å²) in [5.74, 6) is -0.596. The van der Waals surface area contributed by atoms with E-state index in [0.717, 1.165) is 24.8 Å². The monoisotopic (exact) mass is 348 g/mol. The number of carbonyl (C=O) groups is 2. The third kappa shape index (κ3) is 8.19. The predicted molar refractivity (Wildman–Crippen MR) is 97.6 cm³/mol. The second-order valence-corrected chi connectivity index (χ2v) is 5.86. The maximum Gasteiger partial charge on any atom is 0.314 e. The number of nitrogens with two attached hydrogens (primary N) is 1. The van der Waals surface area contributed by atoms with E-state index in [1.807, 2.05) is 24.3 Å². The number of unbranched alkanes of at least 4 members (excludes halogenated alkanes) is 1. The summed E-state index contributed by atoms with van der Waals surface area (Å²) in [6.45, 7) is 4.64. The highest BCUT2D eigenvalue weighted by molar-refractivity contribution is 5.94. The minimum Gasteiger partial charge on any atom is -0.466 e. The van der Waals surface area contributed by atoms with E-state index in [9.17, 15) is 9.59 Å². The number of hydrogen-bond donors (Lipinski definition) is 4. The molecular formula is C18H28N4O3. The van der Waals surface area contributed by atoms with Gasteiger partial charge in [0.25, 0.3) is 0 Å². The van der Waals surface area contributed by atoms with Crippen molar-refractivity contribution >= 4 is 17.8 Å². The largest absolute Gasteiger partial charge is 0.466 e. The van der Waals surface area contributed by atoms with Crippen LogP contribution >= 0.6 is 0 Å². The summed E-state index contributed by atoms with van der Waals surface area (Å²) in [5, 5.41) is 12.8. The molecule has 0 aliphatic carbocycles. The number of urea groups is 1. The maximum absolute atomic E-state index is 11.7. The number of amidine groups is 1. The van der Waals surface area contributed by atoms with E-state index in [1.54, 1.807) is 13.8 Å². The van der Waals surface area contributed by atoms with Gasteiger partial charge in [-0.3, -0.25) is 10.2 Å². The Morgan fingerprint density at radius 1 is 1.20 bits per heavy atom. The lowest BCUT2D eigenvalue weighted by Gasteiger charge is -2.12. The number of aryl methyl sites for hydroxylation is 1. The number of esters is 1. The first-order valence-corrected chi connectivity index (χ1v) is 8.55. The molecule has 0 aliphatic heterocycles. The molecule has 7 nitrogen and oxygen atoms in total. The molecule has 1 unspecified atom stereocenters. The van der Waals surface area contributed by atoms with Crippen LogP contribution in [-0.2, 0) is 16.0 Å². The van der Waals surface area contributed by atoms with Crippen molar-refractivity contribution in [2.75, 3.05) is 19.7 Å². The van der Waals surface area contributed by atoms with Crippen molar-refractivity contribution in [2.24, 2.45) is 11.7 Å². The Hall–Kier alpha value is -2.57. The predicted octanol–water partition coefficient (Wildman–Crippen LogP) is 1.79. The van der Waals surface area contributed by atoms with Crippen LogP contribution in [0.5, 0.6) is 0 Å². The zero-order chi connectivity index (χ0) is 18.7. The first kappa shape index (κ1) is 20.5. The third-order valence-corrected chi connectivity index (χ3v) is 3.70. The standard InChI is InChI=1S/C18H28N4O3/c1-3-25-17(23)13(2)12-22-18(24)21-11-5-4-6-14-7-9-15(10-8-14)16(19)20/h7-10,13H,3-6,11-12H2,1-2H3,(H3,19,20)(H2,21,22,24). The molecule has 0 spiro atoms. The van der Waals surface area contributed by atoms with E-state index < -0.39 is 0 Å². The van der Waals surface area contributed by atoms with Gasteiger partial charge in [0.05, 0.1) is 12.5 Å². The van der Waals surface area contributed by atoms with Gasteiger partial charge in [0, 0.05) is 18.7 Å². The lowest BCUT2D eigenvalue weighted by molar-refractivity contribution is -0.147. The number of hydrogen-bond acceptors (Lipinski definition) is 4. The Morgan fingerprint density at radius 2 is 1.88 bits per heavy atom. The number of ether oxygens (including phenoxy) is 1. The molecule has 1 aromatic carbocycles. The Bertz CT molecular complexity index is 572. The van der Waals surface area contributed by atoms with Crippen molar-refractivity contribution < 1.29 is 14.3 Å². The highest BCUT2D eigenvalue weighted by atomic mass is 16.5. The van der Waals surface area contributed by atoms with Gasteiger partial charge in [0.2, 0.25) is 0 Å². The molecule has 5 N–H and O–H groups in total. The Morgan fingerprint density at radius 3 is 2.48 bits per heavy atom. The second-order valence-electron chi connectivity index (χ2n) is 5.86. The lowest BCUT2D eigenvalue weighted by atomic mass is 10.1. The van der Waals surface area contributed by atoms with Gasteiger partial charge < -0.3 is 21.1 Å². The average molecular weight is 348 g/mol. The zero-order valence-corrected chi connectivity index (χ0v) is 14.9. The zero-order valence-electron chi connectivity index (χ0n) is 14.9. The Kier molecular flexibility index (Phi) is 9.06. The Balaban J connectivity index is 2.13. The van der Waals surface area contributed by atoms with E-state index in [2.05, 4.69) is 10.6 Å². The van der Waals surface area contributed by atoms with E-state index in [1.165, 1.54) is 5.56 Å². The van der Waals surface area contributed by atoms with Crippen molar-refractivity contribution in [3.63, 3.8) is 0 Å². The first-order valence-electron chi connectivity index (χ1n) is 8.55. The van der Waals surface area contributed by atoms with Crippen LogP contribution in [0.2, 0.25) is 0 Å². The molecule has 0 bridgehead atoms. The fourth-order valence-corrected chi connectivity index (χ4v) is 2.18. The van der Waals surface area contributed by atoms with Crippen LogP contribution in [0, 0.1) is 11.3 Å². The molecule has 0 saturated carbocycles. The second kappa shape index (κ2) is 11.1. The smallest absolute Gasteiger partial charge is 0.314 e. The van der Waals surface area contributed by atoms with E-state index in [-0.39, 0.29) is 30.3 Å². The van der Waals surface area contributed by atoms with Crippen molar-refractivity contribution in [1.82, 2.24) is 10.6 Å². The summed E-state index contributed by atoms with van der Waals surface area (Å²) < 4.78 is 4.88. The lowest BCUT2D eigenvalue weighted by Crippen LogP contribution is -2.39. The van der Waals surface area contributed by atoms with Crippen molar-refractivity contribution in [2.45, 2.75) is 33.1 Å². The average Bonchev–Trinajstić information content (AvgIpc) is 2.59. The molecule has 0 aliphatic rings. The maximum atomic E-state index is 11.7. The molecule has 1 atom stereocenters. The van der Waals surface area contributed by atoms with E-state index in [4.69, 9.17) is 15.9 Å². The fraction of sp³-hybridized carbons (Fsp3) is 0.500. The van der Waals surface area contributed by atoms with Crippen LogP contribution in [0.25, 0.3) is 0 Å². The van der Waals surface area contributed by atoms with Crippen LogP contribution < -0.4 is 16.4 Å². The van der Waals surface area contributed by atoms with Crippen molar-refractivity contribution in [3.8, 4) is 0 Å². The molecule has 25 heavy (non-hydrogen) atoms. The highest BCUT2D eigenvalue weighted by Crippen LogP contribution is 2.07. The number of rotatable bonds is 10. The number of amides is 2. The van der Waals surface area contributed by atoms with Gasteiger partial charge in [-0.05, 0) is 31.7 Å². The number of benzene rings is 1. The summed E-state index contributed by atoms with van der Waals surface area (Å²) >= 11 is 0. The Labute approximate surface area is 148 Å². The van der Waals surface area contributed by atoms with Gasteiger partial charge in [0.1, 0.15) is 5.84 Å². The topological polar surface area (TPSA) is 117 Å². The molecule has 0 aromatic heterocycles. The molecule has 7 heteroatoms. The van der Waals surface area contributed by atoms with Crippen LogP contribution in [0.1, 0.15) is 37.8 Å². The molecule has 138 valence electrons. The molecule has 1 rings (SSSR count). The van der Waals surface area contributed by atoms with Gasteiger partial charge >= 0.3 is 12.0 Å². The summed E-state index contributed by atoms with van der Waals surface area (Å²) in [5.41, 5.74) is 7.32. The van der Waals surface area contributed by atoms with Crippen molar-refractivity contribution in [3.05, 3.63) is 35.4 Å². The van der Waals surface area contributed by atoms with Crippen LogP contribution in [0.4, 0.5) is 4.79 Å². The summed E-state index contributed by atoms with van der Waals surface area (Å²) in [4.78, 5) is 23.1. The third-order valence-electron chi connectivity index (χ3n) is 3.70. The normalized spacial score (nSPS) is 11.4. The first-order chi connectivity index (χ1) is 11.9. The van der Waals surface area contributed by atoms with E-state index in [0.29, 0.717) is 13.2 Å². The number of nitrogens with one attached hydrogen (secondary N) is 3. The van der Waals surface area contributed by atoms with Crippen LogP contribution in [0.15, 0.2) is 24.3 Å². The molecule has 0 fully saturated rings. The van der Waals surface area contributed by atoms with Gasteiger partial charge in [-0.25, -0.2) is 4.79 Å². The quantitative estimate of drug-likeness (QED) is 0.223. The van der Waals surface area contributed by atoms with Gasteiger partial charge in [0.15, 0.2) is 0 Å².